The fourth-order valence-corrected chi connectivity index (χ4v) is 3.08. The van der Waals surface area contributed by atoms with Gasteiger partial charge in [-0.25, -0.2) is 4.79 Å². The summed E-state index contributed by atoms with van der Waals surface area (Å²) in [5.74, 6) is -1.02. The van der Waals surface area contributed by atoms with Crippen molar-refractivity contribution in [3.05, 3.63) is 0 Å². The summed E-state index contributed by atoms with van der Waals surface area (Å²) in [6.45, 7) is 1.01. The molecule has 112 valence electrons. The van der Waals surface area contributed by atoms with Crippen molar-refractivity contribution < 1.29 is 19.5 Å². The normalized spacial score (nSPS) is 21.4. The van der Waals surface area contributed by atoms with Gasteiger partial charge in [-0.05, 0) is 12.8 Å². The highest BCUT2D eigenvalue weighted by molar-refractivity contribution is 5.92. The molecule has 7 heteroatoms. The number of carboxylic acid groups (broad SMARTS) is 1. The number of hydrogen-bond acceptors (Lipinski definition) is 3. The standard InChI is InChI=1S/C13H21N3O4/c17-10(18)4-7-15-12(20)16-9-8-14-11(19)13(16)5-2-1-3-6-13/h1-9H2,(H,14,19)(H,15,20)(H,17,18). The molecule has 0 atom stereocenters. The molecule has 2 aliphatic rings. The highest BCUT2D eigenvalue weighted by Crippen LogP contribution is 2.35. The molecule has 3 amide bonds. The minimum Gasteiger partial charge on any atom is -0.481 e. The van der Waals surface area contributed by atoms with Crippen LogP contribution in [0.5, 0.6) is 0 Å². The van der Waals surface area contributed by atoms with E-state index in [0.29, 0.717) is 25.9 Å². The molecular formula is C13H21N3O4. The Balaban J connectivity index is 2.04. The molecule has 0 bridgehead atoms. The molecule has 20 heavy (non-hydrogen) atoms. The van der Waals surface area contributed by atoms with Crippen LogP contribution in [0.3, 0.4) is 0 Å². The maximum atomic E-state index is 12.2. The molecule has 7 nitrogen and oxygen atoms in total. The quantitative estimate of drug-likeness (QED) is 0.694. The average Bonchev–Trinajstić information content (AvgIpc) is 2.42. The molecule has 1 saturated heterocycles. The van der Waals surface area contributed by atoms with E-state index >= 15 is 0 Å². The third-order valence-electron chi connectivity index (χ3n) is 4.10. The molecule has 1 heterocycles. The topological polar surface area (TPSA) is 98.7 Å². The summed E-state index contributed by atoms with van der Waals surface area (Å²) in [6.07, 6.45) is 4.22. The van der Waals surface area contributed by atoms with Gasteiger partial charge >= 0.3 is 12.0 Å². The van der Waals surface area contributed by atoms with Crippen LogP contribution in [-0.4, -0.2) is 53.1 Å². The average molecular weight is 283 g/mol. The van der Waals surface area contributed by atoms with E-state index in [2.05, 4.69) is 10.6 Å². The van der Waals surface area contributed by atoms with Crippen molar-refractivity contribution in [1.29, 1.82) is 0 Å². The van der Waals surface area contributed by atoms with Crippen molar-refractivity contribution in [2.24, 2.45) is 0 Å². The molecule has 0 radical (unpaired) electrons. The van der Waals surface area contributed by atoms with Gasteiger partial charge in [-0.3, -0.25) is 9.59 Å². The van der Waals surface area contributed by atoms with Gasteiger partial charge in [-0.2, -0.15) is 0 Å². The van der Waals surface area contributed by atoms with Crippen LogP contribution in [0.4, 0.5) is 4.79 Å². The van der Waals surface area contributed by atoms with Crippen LogP contribution in [-0.2, 0) is 9.59 Å². The minimum atomic E-state index is -0.950. The first-order valence-corrected chi connectivity index (χ1v) is 7.12. The number of carbonyl (C=O) groups is 3. The van der Waals surface area contributed by atoms with Gasteiger partial charge < -0.3 is 20.6 Å². The van der Waals surface area contributed by atoms with Gasteiger partial charge in [0.15, 0.2) is 0 Å². The van der Waals surface area contributed by atoms with E-state index in [0.717, 1.165) is 19.3 Å². The summed E-state index contributed by atoms with van der Waals surface area (Å²) in [5.41, 5.74) is -0.732. The molecule has 1 aliphatic carbocycles. The zero-order valence-corrected chi connectivity index (χ0v) is 11.5. The molecule has 1 saturated carbocycles. The summed E-state index contributed by atoms with van der Waals surface area (Å²) in [6, 6.07) is -0.331. The molecule has 0 aromatic carbocycles. The molecule has 1 spiro atoms. The summed E-state index contributed by atoms with van der Waals surface area (Å²) in [7, 11) is 0. The fraction of sp³-hybridized carbons (Fsp3) is 0.769. The summed E-state index contributed by atoms with van der Waals surface area (Å²) in [4.78, 5) is 36.6. The van der Waals surface area contributed by atoms with Crippen LogP contribution in [0, 0.1) is 0 Å². The molecule has 0 aromatic rings. The van der Waals surface area contributed by atoms with E-state index in [1.54, 1.807) is 4.90 Å². The van der Waals surface area contributed by atoms with Crippen LogP contribution < -0.4 is 10.6 Å². The van der Waals surface area contributed by atoms with Crippen molar-refractivity contribution in [1.82, 2.24) is 15.5 Å². The molecule has 2 rings (SSSR count). The van der Waals surface area contributed by atoms with Gasteiger partial charge in [0.05, 0.1) is 6.42 Å². The Kier molecular flexibility index (Phi) is 4.46. The first-order valence-electron chi connectivity index (χ1n) is 7.12. The third kappa shape index (κ3) is 2.86. The lowest BCUT2D eigenvalue weighted by atomic mass is 9.78. The van der Waals surface area contributed by atoms with E-state index in [4.69, 9.17) is 5.11 Å². The predicted octanol–water partition coefficient (Wildman–Crippen LogP) is 0.305. The number of nitrogens with one attached hydrogen (secondary N) is 2. The molecule has 1 aliphatic heterocycles. The number of piperazine rings is 1. The fourth-order valence-electron chi connectivity index (χ4n) is 3.08. The number of nitrogens with zero attached hydrogens (tertiary/aromatic N) is 1. The number of urea groups is 1. The second kappa shape index (κ2) is 6.11. The third-order valence-corrected chi connectivity index (χ3v) is 4.10. The van der Waals surface area contributed by atoms with Crippen LogP contribution in [0.2, 0.25) is 0 Å². The predicted molar refractivity (Wildman–Crippen MR) is 71.2 cm³/mol. The van der Waals surface area contributed by atoms with E-state index in [-0.39, 0.29) is 24.9 Å². The second-order valence-corrected chi connectivity index (χ2v) is 5.38. The Morgan fingerprint density at radius 2 is 2.00 bits per heavy atom. The second-order valence-electron chi connectivity index (χ2n) is 5.38. The molecular weight excluding hydrogens is 262 g/mol. The zero-order chi connectivity index (χ0) is 14.6. The van der Waals surface area contributed by atoms with Crippen molar-refractivity contribution >= 4 is 17.9 Å². The van der Waals surface area contributed by atoms with Crippen molar-refractivity contribution in [2.75, 3.05) is 19.6 Å². The summed E-state index contributed by atoms with van der Waals surface area (Å²) in [5, 5.41) is 14.0. The summed E-state index contributed by atoms with van der Waals surface area (Å²) < 4.78 is 0. The van der Waals surface area contributed by atoms with E-state index < -0.39 is 11.5 Å². The first kappa shape index (κ1) is 14.6. The SMILES string of the molecule is O=C(O)CCNC(=O)N1CCNC(=O)C12CCCCC2. The van der Waals surface area contributed by atoms with Crippen LogP contribution in [0.15, 0.2) is 0 Å². The minimum absolute atomic E-state index is 0.0724. The van der Waals surface area contributed by atoms with Gasteiger partial charge in [0.2, 0.25) is 5.91 Å². The maximum absolute atomic E-state index is 12.2. The van der Waals surface area contributed by atoms with Crippen molar-refractivity contribution in [3.8, 4) is 0 Å². The Morgan fingerprint density at radius 1 is 1.30 bits per heavy atom. The van der Waals surface area contributed by atoms with Crippen LogP contribution in [0.1, 0.15) is 38.5 Å². The molecule has 3 N–H and O–H groups in total. The number of carboxylic acids is 1. The van der Waals surface area contributed by atoms with Crippen molar-refractivity contribution in [2.45, 2.75) is 44.1 Å². The highest BCUT2D eigenvalue weighted by atomic mass is 16.4. The van der Waals surface area contributed by atoms with Gasteiger partial charge in [0.25, 0.3) is 0 Å². The lowest BCUT2D eigenvalue weighted by Gasteiger charge is -2.47. The monoisotopic (exact) mass is 283 g/mol. The Bertz CT molecular complexity index is 404. The summed E-state index contributed by atoms with van der Waals surface area (Å²) >= 11 is 0. The van der Waals surface area contributed by atoms with E-state index in [9.17, 15) is 14.4 Å². The first-order chi connectivity index (χ1) is 9.56. The van der Waals surface area contributed by atoms with Gasteiger partial charge in [-0.15, -0.1) is 0 Å². The smallest absolute Gasteiger partial charge is 0.318 e. The molecule has 0 aromatic heterocycles. The number of amides is 3. The Labute approximate surface area is 117 Å². The number of aliphatic carboxylic acids is 1. The van der Waals surface area contributed by atoms with Crippen LogP contribution in [0.25, 0.3) is 0 Å². The Hall–Kier alpha value is -1.79. The largest absolute Gasteiger partial charge is 0.481 e. The van der Waals surface area contributed by atoms with Crippen molar-refractivity contribution in [3.63, 3.8) is 0 Å². The number of carbonyl (C=O) groups excluding carboxylic acids is 2. The van der Waals surface area contributed by atoms with Crippen LogP contribution >= 0.6 is 0 Å². The zero-order valence-electron chi connectivity index (χ0n) is 11.5. The highest BCUT2D eigenvalue weighted by Gasteiger charge is 2.48. The lowest BCUT2D eigenvalue weighted by molar-refractivity contribution is -0.138. The lowest BCUT2D eigenvalue weighted by Crippen LogP contribution is -2.68. The number of hydrogen-bond donors (Lipinski definition) is 3. The van der Waals surface area contributed by atoms with Gasteiger partial charge in [-0.1, -0.05) is 19.3 Å². The Morgan fingerprint density at radius 3 is 2.65 bits per heavy atom. The van der Waals surface area contributed by atoms with Gasteiger partial charge in [0.1, 0.15) is 5.54 Å². The van der Waals surface area contributed by atoms with E-state index in [1.807, 2.05) is 0 Å². The van der Waals surface area contributed by atoms with E-state index in [1.165, 1.54) is 0 Å². The molecule has 2 fully saturated rings. The maximum Gasteiger partial charge on any atom is 0.318 e. The number of rotatable bonds is 3. The van der Waals surface area contributed by atoms with Gasteiger partial charge in [0, 0.05) is 19.6 Å². The molecule has 0 unspecified atom stereocenters.